The molecular formula is C38H46. The molecule has 0 aromatic heterocycles. The van der Waals surface area contributed by atoms with E-state index in [2.05, 4.69) is 128 Å². The average Bonchev–Trinajstić information content (AvgIpc) is 2.91. The molecule has 0 heteroatoms. The van der Waals surface area contributed by atoms with Gasteiger partial charge in [-0.3, -0.25) is 0 Å². The van der Waals surface area contributed by atoms with E-state index in [1.54, 1.807) is 0 Å². The lowest BCUT2D eigenvalue weighted by molar-refractivity contribution is 0.345. The molecule has 0 nitrogen and oxygen atoms in total. The van der Waals surface area contributed by atoms with Crippen LogP contribution < -0.4 is 0 Å². The van der Waals surface area contributed by atoms with Crippen molar-refractivity contribution in [2.75, 3.05) is 0 Å². The third kappa shape index (κ3) is 5.96. The molecule has 4 aromatic carbocycles. The standard InChI is InChI=1S/C22H28.C16H18/c1-16-8-10-20(14-18(16)3)22(12-6-5-7-13-22)21-11-9-17(2)19(4)15-21;1-11-5-7-15(9-13(11)3)16-8-6-12(2)14(4)10-16/h8-11,14-15H,5-7,12-13H2,1-4H3;5-10H,1-4H3. The van der Waals surface area contributed by atoms with Gasteiger partial charge in [0.05, 0.1) is 0 Å². The third-order valence-corrected chi connectivity index (χ3v) is 9.17. The molecule has 0 radical (unpaired) electrons. The highest BCUT2D eigenvalue weighted by atomic mass is 14.4. The number of aryl methyl sites for hydroxylation is 8. The predicted molar refractivity (Wildman–Crippen MR) is 167 cm³/mol. The second-order valence-electron chi connectivity index (χ2n) is 11.8. The van der Waals surface area contributed by atoms with Crippen LogP contribution in [0, 0.1) is 55.4 Å². The maximum atomic E-state index is 2.44. The first-order chi connectivity index (χ1) is 18.1. The van der Waals surface area contributed by atoms with Crippen LogP contribution in [0.2, 0.25) is 0 Å². The first kappa shape index (κ1) is 27.9. The second-order valence-corrected chi connectivity index (χ2v) is 11.8. The highest BCUT2D eigenvalue weighted by molar-refractivity contribution is 5.66. The summed E-state index contributed by atoms with van der Waals surface area (Å²) in [5.74, 6) is 0. The number of hydrogen-bond acceptors (Lipinski definition) is 0. The maximum Gasteiger partial charge on any atom is 0.0203 e. The fraction of sp³-hybridized carbons (Fsp3) is 0.368. The molecule has 38 heavy (non-hydrogen) atoms. The van der Waals surface area contributed by atoms with Crippen molar-refractivity contribution in [3.63, 3.8) is 0 Å². The van der Waals surface area contributed by atoms with Gasteiger partial charge < -0.3 is 0 Å². The molecule has 1 aliphatic carbocycles. The molecule has 1 fully saturated rings. The van der Waals surface area contributed by atoms with E-state index in [4.69, 9.17) is 0 Å². The number of rotatable bonds is 3. The lowest BCUT2D eigenvalue weighted by Crippen LogP contribution is -2.30. The van der Waals surface area contributed by atoms with Crippen molar-refractivity contribution in [2.45, 2.75) is 92.9 Å². The van der Waals surface area contributed by atoms with Gasteiger partial charge in [-0.15, -0.1) is 0 Å². The van der Waals surface area contributed by atoms with Crippen molar-refractivity contribution in [1.82, 2.24) is 0 Å². The van der Waals surface area contributed by atoms with Crippen LogP contribution in [0.3, 0.4) is 0 Å². The highest BCUT2D eigenvalue weighted by Gasteiger charge is 2.35. The largest absolute Gasteiger partial charge is 0.0588 e. The van der Waals surface area contributed by atoms with E-state index in [-0.39, 0.29) is 5.41 Å². The highest BCUT2D eigenvalue weighted by Crippen LogP contribution is 2.45. The molecule has 5 rings (SSSR count). The Morgan fingerprint density at radius 2 is 0.711 bits per heavy atom. The first-order valence-corrected chi connectivity index (χ1v) is 14.4. The zero-order chi connectivity index (χ0) is 27.4. The number of hydrogen-bond donors (Lipinski definition) is 0. The summed E-state index contributed by atoms with van der Waals surface area (Å²) in [6.07, 6.45) is 6.66. The molecule has 0 heterocycles. The van der Waals surface area contributed by atoms with Gasteiger partial charge in [-0.25, -0.2) is 0 Å². The molecule has 0 atom stereocenters. The Hall–Kier alpha value is -3.12. The van der Waals surface area contributed by atoms with Crippen LogP contribution in [0.25, 0.3) is 11.1 Å². The van der Waals surface area contributed by atoms with Crippen LogP contribution in [0.4, 0.5) is 0 Å². The summed E-state index contributed by atoms with van der Waals surface area (Å²) >= 11 is 0. The van der Waals surface area contributed by atoms with Crippen molar-refractivity contribution >= 4 is 0 Å². The zero-order valence-electron chi connectivity index (χ0n) is 25.0. The molecular weight excluding hydrogens is 456 g/mol. The van der Waals surface area contributed by atoms with E-state index < -0.39 is 0 Å². The van der Waals surface area contributed by atoms with Gasteiger partial charge in [0.25, 0.3) is 0 Å². The summed E-state index contributed by atoms with van der Waals surface area (Å²) < 4.78 is 0. The Morgan fingerprint density at radius 1 is 0.368 bits per heavy atom. The molecule has 1 saturated carbocycles. The van der Waals surface area contributed by atoms with Gasteiger partial charge in [0.2, 0.25) is 0 Å². The van der Waals surface area contributed by atoms with Crippen molar-refractivity contribution in [2.24, 2.45) is 0 Å². The SMILES string of the molecule is Cc1ccc(-c2ccc(C)c(C)c2)cc1C.Cc1ccc(C2(c3ccc(C)c(C)c3)CCCCC2)cc1C. The van der Waals surface area contributed by atoms with Crippen LogP contribution in [0.5, 0.6) is 0 Å². The minimum Gasteiger partial charge on any atom is -0.0588 e. The maximum absolute atomic E-state index is 2.44. The lowest BCUT2D eigenvalue weighted by Gasteiger charge is -2.39. The van der Waals surface area contributed by atoms with Gasteiger partial charge in [0.15, 0.2) is 0 Å². The quantitative estimate of drug-likeness (QED) is 0.261. The van der Waals surface area contributed by atoms with Crippen LogP contribution in [-0.4, -0.2) is 0 Å². The van der Waals surface area contributed by atoms with Gasteiger partial charge in [0, 0.05) is 5.41 Å². The third-order valence-electron chi connectivity index (χ3n) is 9.17. The van der Waals surface area contributed by atoms with E-state index >= 15 is 0 Å². The molecule has 1 aliphatic rings. The van der Waals surface area contributed by atoms with E-state index in [0.717, 1.165) is 0 Å². The Bertz CT molecular complexity index is 1310. The first-order valence-electron chi connectivity index (χ1n) is 14.4. The predicted octanol–water partition coefficient (Wildman–Crippen LogP) is 10.8. The van der Waals surface area contributed by atoms with Gasteiger partial charge >= 0.3 is 0 Å². The van der Waals surface area contributed by atoms with Crippen LogP contribution in [0.15, 0.2) is 72.8 Å². The van der Waals surface area contributed by atoms with Gasteiger partial charge in [-0.05, 0) is 135 Å². The summed E-state index contributed by atoms with van der Waals surface area (Å²) in [5, 5.41) is 0. The summed E-state index contributed by atoms with van der Waals surface area (Å²) in [5.41, 5.74) is 17.0. The summed E-state index contributed by atoms with van der Waals surface area (Å²) in [7, 11) is 0. The van der Waals surface area contributed by atoms with Crippen molar-refractivity contribution < 1.29 is 0 Å². The Morgan fingerprint density at radius 3 is 1.05 bits per heavy atom. The van der Waals surface area contributed by atoms with E-state index in [1.165, 1.54) is 98.9 Å². The van der Waals surface area contributed by atoms with E-state index in [9.17, 15) is 0 Å². The van der Waals surface area contributed by atoms with Crippen molar-refractivity contribution in [3.05, 3.63) is 128 Å². The monoisotopic (exact) mass is 502 g/mol. The Labute approximate surface area is 232 Å². The lowest BCUT2D eigenvalue weighted by atomic mass is 9.64. The molecule has 0 amide bonds. The van der Waals surface area contributed by atoms with Gasteiger partial charge in [0.1, 0.15) is 0 Å². The Kier molecular flexibility index (Phi) is 8.61. The van der Waals surface area contributed by atoms with Crippen molar-refractivity contribution in [1.29, 1.82) is 0 Å². The number of benzene rings is 4. The van der Waals surface area contributed by atoms with Crippen LogP contribution in [0.1, 0.15) is 87.7 Å². The van der Waals surface area contributed by atoms with E-state index in [1.807, 2.05) is 0 Å². The smallest absolute Gasteiger partial charge is 0.0203 e. The fourth-order valence-corrected chi connectivity index (χ4v) is 5.82. The summed E-state index contributed by atoms with van der Waals surface area (Å²) in [6.45, 7) is 17.6. The van der Waals surface area contributed by atoms with Crippen LogP contribution >= 0.6 is 0 Å². The molecule has 0 spiro atoms. The fourth-order valence-electron chi connectivity index (χ4n) is 5.82. The zero-order valence-corrected chi connectivity index (χ0v) is 25.0. The summed E-state index contributed by atoms with van der Waals surface area (Å²) in [6, 6.07) is 27.6. The molecule has 0 N–H and O–H groups in total. The molecule has 4 aromatic rings. The molecule has 198 valence electrons. The molecule has 0 bridgehead atoms. The van der Waals surface area contributed by atoms with Gasteiger partial charge in [-0.2, -0.15) is 0 Å². The molecule has 0 aliphatic heterocycles. The molecule has 0 unspecified atom stereocenters. The minimum atomic E-state index is 0.231. The summed E-state index contributed by atoms with van der Waals surface area (Å²) in [4.78, 5) is 0. The topological polar surface area (TPSA) is 0 Å². The normalized spacial score (nSPS) is 14.5. The second kappa shape index (κ2) is 11.7. The molecule has 0 saturated heterocycles. The van der Waals surface area contributed by atoms with E-state index in [0.29, 0.717) is 0 Å². The van der Waals surface area contributed by atoms with Crippen LogP contribution in [-0.2, 0) is 5.41 Å². The average molecular weight is 503 g/mol. The van der Waals surface area contributed by atoms with Gasteiger partial charge in [-0.1, -0.05) is 92.1 Å². The Balaban J connectivity index is 0.000000186. The van der Waals surface area contributed by atoms with Crippen molar-refractivity contribution in [3.8, 4) is 11.1 Å². The minimum absolute atomic E-state index is 0.231.